The Morgan fingerprint density at radius 3 is 2.21 bits per heavy atom. The van der Waals surface area contributed by atoms with Gasteiger partial charge in [0.15, 0.2) is 0 Å². The van der Waals surface area contributed by atoms with Crippen molar-refractivity contribution in [2.24, 2.45) is 5.92 Å². The van der Waals surface area contributed by atoms with Gasteiger partial charge in [0.2, 0.25) is 5.09 Å². The molecule has 3 rings (SSSR count). The van der Waals surface area contributed by atoms with Crippen LogP contribution in [0.15, 0.2) is 58.0 Å². The molecule has 34 heavy (non-hydrogen) atoms. The Labute approximate surface area is 224 Å². The summed E-state index contributed by atoms with van der Waals surface area (Å²) in [4.78, 5) is 11.1. The first kappa shape index (κ1) is 28.0. The number of carboxylic acids is 1. The van der Waals surface area contributed by atoms with Crippen molar-refractivity contribution in [1.82, 2.24) is 0 Å². The summed E-state index contributed by atoms with van der Waals surface area (Å²) in [6.07, 6.45) is 0. The van der Waals surface area contributed by atoms with Gasteiger partial charge in [0.25, 0.3) is 10.0 Å². The van der Waals surface area contributed by atoms with Gasteiger partial charge in [-0.15, -0.1) is 0 Å². The Morgan fingerprint density at radius 2 is 1.68 bits per heavy atom. The van der Waals surface area contributed by atoms with Crippen molar-refractivity contribution in [1.29, 1.82) is 0 Å². The van der Waals surface area contributed by atoms with Crippen molar-refractivity contribution < 1.29 is 58.5 Å². The molecule has 0 bridgehead atoms. The smallest absolute Gasteiger partial charge is 1.00 e. The van der Waals surface area contributed by atoms with Gasteiger partial charge in [0.1, 0.15) is 18.1 Å². The van der Waals surface area contributed by atoms with Gasteiger partial charge in [-0.2, -0.15) is 8.42 Å². The van der Waals surface area contributed by atoms with Crippen LogP contribution in [-0.2, 0) is 16.6 Å². The van der Waals surface area contributed by atoms with E-state index in [0.717, 1.165) is 16.7 Å². The first-order valence-electron chi connectivity index (χ1n) is 10.6. The van der Waals surface area contributed by atoms with E-state index in [1.54, 1.807) is 25.1 Å². The van der Waals surface area contributed by atoms with Gasteiger partial charge in [-0.05, 0) is 79.8 Å². The number of carbonyl (C=O) groups is 1. The molecule has 0 saturated carbocycles. The summed E-state index contributed by atoms with van der Waals surface area (Å²) in [5.74, 6) is -0.0113. The summed E-state index contributed by atoms with van der Waals surface area (Å²) in [5, 5.41) is 8.96. The molecular weight excluding hydrogens is 465 g/mol. The summed E-state index contributed by atoms with van der Waals surface area (Å²) in [5.41, 5.74) is 3.29. The maximum absolute atomic E-state index is 13.5. The van der Waals surface area contributed by atoms with E-state index in [-0.39, 0.29) is 60.7 Å². The molecule has 2 aromatic carbocycles. The first-order chi connectivity index (χ1) is 15.5. The summed E-state index contributed by atoms with van der Waals surface area (Å²) >= 11 is 0. The van der Waals surface area contributed by atoms with Crippen LogP contribution in [0.5, 0.6) is 5.75 Å². The molecule has 0 aliphatic rings. The molecule has 0 radical (unpaired) electrons. The van der Waals surface area contributed by atoms with Crippen LogP contribution in [0.2, 0.25) is 0 Å². The number of carboxylic acid groups (broad SMARTS) is 1. The van der Waals surface area contributed by atoms with Crippen LogP contribution in [0.4, 0.5) is 5.69 Å². The zero-order valence-corrected chi connectivity index (χ0v) is 23.3. The zero-order valence-electron chi connectivity index (χ0n) is 21.5. The number of nitrogens with zero attached hydrogens (tertiary/aromatic N) is 1. The van der Waals surface area contributed by atoms with E-state index < -0.39 is 16.0 Å². The van der Waals surface area contributed by atoms with Gasteiger partial charge in [-0.3, -0.25) is 4.31 Å². The number of furan rings is 1. The number of rotatable bonds is 9. The topological polar surface area (TPSA) is 97.0 Å². The molecule has 1 N–H and O–H groups in total. The number of aromatic carboxylic acids is 1. The summed E-state index contributed by atoms with van der Waals surface area (Å²) in [7, 11) is -3.96. The van der Waals surface area contributed by atoms with E-state index in [2.05, 4.69) is 0 Å². The van der Waals surface area contributed by atoms with Gasteiger partial charge >= 0.3 is 35.5 Å². The number of benzene rings is 2. The fourth-order valence-electron chi connectivity index (χ4n) is 3.31. The van der Waals surface area contributed by atoms with Gasteiger partial charge in [0.05, 0.1) is 11.3 Å². The Morgan fingerprint density at radius 1 is 1.06 bits per heavy atom. The van der Waals surface area contributed by atoms with Crippen molar-refractivity contribution in [3.05, 3.63) is 76.5 Å². The molecular formula is C25H30NNaO6S. The van der Waals surface area contributed by atoms with E-state index in [1.165, 1.54) is 22.5 Å². The maximum atomic E-state index is 13.5. The van der Waals surface area contributed by atoms with Gasteiger partial charge < -0.3 is 15.7 Å². The van der Waals surface area contributed by atoms with Crippen LogP contribution in [-0.4, -0.2) is 26.0 Å². The van der Waals surface area contributed by atoms with Crippen LogP contribution >= 0.6 is 0 Å². The molecule has 3 aromatic rings. The number of aryl methyl sites for hydroxylation is 3. The van der Waals surface area contributed by atoms with Crippen LogP contribution in [0.3, 0.4) is 0 Å². The SMILES string of the molecule is Cc1ccc(S(=O)(=O)N(CC(C)C)c2cc(C)c(C)cc2OCc2ccc(C(=O)O)cc2)o1.[H-].[Na+]. The second kappa shape index (κ2) is 11.4. The summed E-state index contributed by atoms with van der Waals surface area (Å²) in [6.45, 7) is 9.85. The Balaban J connectivity index is 0.00000306. The molecule has 0 atom stereocenters. The second-order valence-electron chi connectivity index (χ2n) is 8.49. The van der Waals surface area contributed by atoms with Crippen LogP contribution in [0.1, 0.15) is 48.1 Å². The predicted molar refractivity (Wildman–Crippen MR) is 128 cm³/mol. The third kappa shape index (κ3) is 6.44. The van der Waals surface area contributed by atoms with E-state index in [1.807, 2.05) is 39.8 Å². The van der Waals surface area contributed by atoms with Crippen LogP contribution in [0, 0.1) is 26.7 Å². The Kier molecular flexibility index (Phi) is 9.42. The largest absolute Gasteiger partial charge is 1.00 e. The number of hydrogen-bond donors (Lipinski definition) is 1. The molecule has 0 unspecified atom stereocenters. The number of anilines is 1. The molecule has 0 aliphatic carbocycles. The second-order valence-corrected chi connectivity index (χ2v) is 10.3. The molecule has 7 nitrogen and oxygen atoms in total. The summed E-state index contributed by atoms with van der Waals surface area (Å²) < 4.78 is 39.9. The normalized spacial score (nSPS) is 11.2. The van der Waals surface area contributed by atoms with Gasteiger partial charge in [-0.1, -0.05) is 26.0 Å². The van der Waals surface area contributed by atoms with Gasteiger partial charge in [0, 0.05) is 6.54 Å². The molecule has 1 aromatic heterocycles. The quantitative estimate of drug-likeness (QED) is 0.458. The molecule has 1 heterocycles. The van der Waals surface area contributed by atoms with Crippen molar-refractivity contribution in [3.8, 4) is 5.75 Å². The molecule has 9 heteroatoms. The molecule has 0 amide bonds. The van der Waals surface area contributed by atoms with E-state index >= 15 is 0 Å². The minimum absolute atomic E-state index is 0. The zero-order chi connectivity index (χ0) is 24.3. The molecule has 0 aliphatic heterocycles. The first-order valence-corrected chi connectivity index (χ1v) is 12.1. The van der Waals surface area contributed by atoms with Crippen LogP contribution < -0.4 is 38.6 Å². The molecule has 0 spiro atoms. The monoisotopic (exact) mass is 495 g/mol. The Hall–Kier alpha value is -2.26. The van der Waals surface area contributed by atoms with E-state index in [4.69, 9.17) is 14.3 Å². The van der Waals surface area contributed by atoms with Crippen molar-refractivity contribution in [3.63, 3.8) is 0 Å². The van der Waals surface area contributed by atoms with Crippen molar-refractivity contribution in [2.45, 2.75) is 46.3 Å². The van der Waals surface area contributed by atoms with Gasteiger partial charge in [-0.25, -0.2) is 4.79 Å². The minimum Gasteiger partial charge on any atom is -1.00 e. The number of ether oxygens (including phenoxy) is 1. The number of hydrogen-bond acceptors (Lipinski definition) is 5. The molecule has 0 fully saturated rings. The average molecular weight is 496 g/mol. The molecule has 0 saturated heterocycles. The molecule has 178 valence electrons. The fourth-order valence-corrected chi connectivity index (χ4v) is 4.90. The number of sulfonamides is 1. The van der Waals surface area contributed by atoms with E-state index in [9.17, 15) is 13.2 Å². The average Bonchev–Trinajstić information content (AvgIpc) is 3.20. The minimum atomic E-state index is -3.96. The Bertz CT molecular complexity index is 1260. The fraction of sp³-hybridized carbons (Fsp3) is 0.320. The van der Waals surface area contributed by atoms with E-state index in [0.29, 0.717) is 17.2 Å². The van der Waals surface area contributed by atoms with Crippen molar-refractivity contribution >= 4 is 21.7 Å². The predicted octanol–water partition coefficient (Wildman–Crippen LogP) is 2.45. The third-order valence-corrected chi connectivity index (χ3v) is 6.88. The summed E-state index contributed by atoms with van der Waals surface area (Å²) in [6, 6.07) is 13.1. The third-order valence-electron chi connectivity index (χ3n) is 5.23. The van der Waals surface area contributed by atoms with Crippen LogP contribution in [0.25, 0.3) is 0 Å². The van der Waals surface area contributed by atoms with Crippen molar-refractivity contribution in [2.75, 3.05) is 10.8 Å². The maximum Gasteiger partial charge on any atom is 1.00 e. The standard InChI is InChI=1S/C25H29NO6S.Na.H/c1-16(2)14-26(33(29,30)24-11-6-19(5)32-24)22-12-17(3)18(4)13-23(22)31-15-20-7-9-21(10-8-20)25(27)28;;/h6-13,16H,14-15H2,1-5H3,(H,27,28);;/q;+1;-1.